The summed E-state index contributed by atoms with van der Waals surface area (Å²) in [5.74, 6) is -0.177. The molecule has 0 aliphatic carbocycles. The van der Waals surface area contributed by atoms with Gasteiger partial charge in [-0.3, -0.25) is 9.59 Å². The fourth-order valence-corrected chi connectivity index (χ4v) is 5.10. The molecule has 1 aliphatic rings. The van der Waals surface area contributed by atoms with Gasteiger partial charge in [-0.1, -0.05) is 66.7 Å². The van der Waals surface area contributed by atoms with Gasteiger partial charge in [0.15, 0.2) is 0 Å². The highest BCUT2D eigenvalue weighted by molar-refractivity contribution is 6.07. The fourth-order valence-electron chi connectivity index (χ4n) is 5.10. The lowest BCUT2D eigenvalue weighted by Gasteiger charge is -2.32. The summed E-state index contributed by atoms with van der Waals surface area (Å²) < 4.78 is 0. The summed E-state index contributed by atoms with van der Waals surface area (Å²) in [6.45, 7) is 2.03. The second-order valence-electron chi connectivity index (χ2n) is 9.73. The number of rotatable bonds is 7. The van der Waals surface area contributed by atoms with E-state index in [2.05, 4.69) is 28.4 Å². The van der Waals surface area contributed by atoms with Gasteiger partial charge in [0.1, 0.15) is 0 Å². The molecule has 4 aromatic carbocycles. The number of hydrogen-bond donors (Lipinski definition) is 1. The van der Waals surface area contributed by atoms with E-state index in [1.165, 1.54) is 19.3 Å². The number of piperidine rings is 1. The number of nitrogens with zero attached hydrogens (tertiary/aromatic N) is 2. The molecule has 0 radical (unpaired) electrons. The van der Waals surface area contributed by atoms with Gasteiger partial charge in [0, 0.05) is 31.4 Å². The molecule has 1 saturated heterocycles. The maximum atomic E-state index is 13.3. The van der Waals surface area contributed by atoms with Crippen LogP contribution in [0, 0.1) is 0 Å². The van der Waals surface area contributed by atoms with Gasteiger partial charge in [-0.25, -0.2) is 0 Å². The van der Waals surface area contributed by atoms with Crippen LogP contribution in [-0.2, 0) is 11.2 Å². The van der Waals surface area contributed by atoms with Gasteiger partial charge in [-0.05, 0) is 72.4 Å². The van der Waals surface area contributed by atoms with Crippen molar-refractivity contribution in [3.63, 3.8) is 0 Å². The van der Waals surface area contributed by atoms with Gasteiger partial charge < -0.3 is 15.1 Å². The van der Waals surface area contributed by atoms with Crippen molar-refractivity contribution < 1.29 is 9.59 Å². The Bertz CT molecular complexity index is 1390. The second kappa shape index (κ2) is 11.8. The molecule has 5 rings (SSSR count). The largest absolute Gasteiger partial charge is 0.370 e. The van der Waals surface area contributed by atoms with Crippen molar-refractivity contribution in [2.45, 2.75) is 25.7 Å². The number of benzene rings is 4. The first-order chi connectivity index (χ1) is 18.6. The third-order valence-electron chi connectivity index (χ3n) is 7.11. The van der Waals surface area contributed by atoms with Crippen molar-refractivity contribution in [3.05, 3.63) is 114 Å². The highest BCUT2D eigenvalue weighted by atomic mass is 16.2. The predicted octanol–water partition coefficient (Wildman–Crippen LogP) is 6.80. The lowest BCUT2D eigenvalue weighted by atomic mass is 9.97. The molecular formula is C33H33N3O2. The summed E-state index contributed by atoms with van der Waals surface area (Å²) in [5, 5.41) is 2.98. The quantitative estimate of drug-likeness (QED) is 0.302. The zero-order valence-corrected chi connectivity index (χ0v) is 21.8. The smallest absolute Gasteiger partial charge is 0.258 e. The van der Waals surface area contributed by atoms with E-state index in [1.54, 1.807) is 29.2 Å². The van der Waals surface area contributed by atoms with Gasteiger partial charge in [0.05, 0.1) is 17.8 Å². The van der Waals surface area contributed by atoms with Crippen molar-refractivity contribution in [2.24, 2.45) is 0 Å². The third-order valence-corrected chi connectivity index (χ3v) is 7.11. The number of anilines is 3. The van der Waals surface area contributed by atoms with E-state index >= 15 is 0 Å². The number of para-hydroxylation sites is 2. The lowest BCUT2D eigenvalue weighted by Crippen LogP contribution is -2.33. The average molecular weight is 504 g/mol. The van der Waals surface area contributed by atoms with Crippen LogP contribution in [0.15, 0.2) is 103 Å². The van der Waals surface area contributed by atoms with E-state index in [0.717, 1.165) is 41.2 Å². The Morgan fingerprint density at radius 1 is 0.763 bits per heavy atom. The molecule has 1 fully saturated rings. The predicted molar refractivity (Wildman–Crippen MR) is 156 cm³/mol. The van der Waals surface area contributed by atoms with Crippen LogP contribution < -0.4 is 15.1 Å². The minimum atomic E-state index is -0.0972. The highest BCUT2D eigenvalue weighted by Crippen LogP contribution is 2.31. The fraction of sp³-hybridized carbons (Fsp3) is 0.212. The Balaban J connectivity index is 1.25. The molecule has 1 heterocycles. The number of nitrogens with one attached hydrogen (secondary N) is 1. The summed E-state index contributed by atoms with van der Waals surface area (Å²) in [7, 11) is 1.82. The first-order valence-electron chi connectivity index (χ1n) is 13.3. The SMILES string of the molecule is CN(C(=O)c1ccc(NC(=O)Cc2ccccc2-c2ccccc2)cc1)c1ccccc1N1CCCCC1. The Kier molecular flexibility index (Phi) is 7.84. The minimum Gasteiger partial charge on any atom is -0.370 e. The maximum absolute atomic E-state index is 13.3. The number of carbonyl (C=O) groups is 2. The van der Waals surface area contributed by atoms with Gasteiger partial charge in [-0.15, -0.1) is 0 Å². The molecule has 0 bridgehead atoms. The molecule has 38 heavy (non-hydrogen) atoms. The molecule has 5 nitrogen and oxygen atoms in total. The van der Waals surface area contributed by atoms with E-state index in [-0.39, 0.29) is 18.2 Å². The Hall–Kier alpha value is -4.38. The molecule has 1 N–H and O–H groups in total. The zero-order chi connectivity index (χ0) is 26.3. The first-order valence-corrected chi connectivity index (χ1v) is 13.3. The topological polar surface area (TPSA) is 52.7 Å². The Morgan fingerprint density at radius 2 is 1.42 bits per heavy atom. The van der Waals surface area contributed by atoms with Crippen LogP contribution >= 0.6 is 0 Å². The van der Waals surface area contributed by atoms with E-state index in [0.29, 0.717) is 11.3 Å². The number of hydrogen-bond acceptors (Lipinski definition) is 3. The molecule has 0 spiro atoms. The summed E-state index contributed by atoms with van der Waals surface area (Å²) in [4.78, 5) is 30.3. The lowest BCUT2D eigenvalue weighted by molar-refractivity contribution is -0.115. The van der Waals surface area contributed by atoms with Crippen LogP contribution in [0.25, 0.3) is 11.1 Å². The molecule has 0 saturated carbocycles. The standard InChI is InChI=1S/C33H33N3O2/c1-35(30-16-8-9-17-31(30)36-22-10-3-11-23-36)33(38)26-18-20-28(21-19-26)34-32(37)24-27-14-6-7-15-29(27)25-12-4-2-5-13-25/h2,4-9,12-21H,3,10-11,22-24H2,1H3,(H,34,37). The van der Waals surface area contributed by atoms with Crippen molar-refractivity contribution in [3.8, 4) is 11.1 Å². The van der Waals surface area contributed by atoms with Crippen molar-refractivity contribution in [2.75, 3.05) is 35.3 Å². The molecule has 0 atom stereocenters. The average Bonchev–Trinajstić information content (AvgIpc) is 2.98. The van der Waals surface area contributed by atoms with Gasteiger partial charge in [0.2, 0.25) is 5.91 Å². The summed E-state index contributed by atoms with van der Waals surface area (Å²) in [5.41, 5.74) is 6.36. The minimum absolute atomic E-state index is 0.0795. The first kappa shape index (κ1) is 25.3. The third kappa shape index (κ3) is 5.78. The van der Waals surface area contributed by atoms with Crippen LogP contribution in [0.4, 0.5) is 17.1 Å². The number of amides is 2. The van der Waals surface area contributed by atoms with Crippen LogP contribution in [-0.4, -0.2) is 32.0 Å². The van der Waals surface area contributed by atoms with Crippen LogP contribution in [0.1, 0.15) is 35.2 Å². The molecule has 2 amide bonds. The molecular weight excluding hydrogens is 470 g/mol. The molecule has 5 heteroatoms. The van der Waals surface area contributed by atoms with Crippen molar-refractivity contribution in [1.29, 1.82) is 0 Å². The molecule has 0 unspecified atom stereocenters. The monoisotopic (exact) mass is 503 g/mol. The second-order valence-corrected chi connectivity index (χ2v) is 9.73. The molecule has 192 valence electrons. The molecule has 1 aliphatic heterocycles. The zero-order valence-electron chi connectivity index (χ0n) is 21.8. The Morgan fingerprint density at radius 3 is 2.18 bits per heavy atom. The van der Waals surface area contributed by atoms with Gasteiger partial charge in [0.25, 0.3) is 5.91 Å². The van der Waals surface area contributed by atoms with E-state index in [4.69, 9.17) is 0 Å². The highest BCUT2D eigenvalue weighted by Gasteiger charge is 2.20. The summed E-state index contributed by atoms with van der Waals surface area (Å²) >= 11 is 0. The van der Waals surface area contributed by atoms with E-state index in [1.807, 2.05) is 67.7 Å². The normalized spacial score (nSPS) is 13.1. The molecule has 0 aromatic heterocycles. The maximum Gasteiger partial charge on any atom is 0.258 e. The van der Waals surface area contributed by atoms with Gasteiger partial charge in [-0.2, -0.15) is 0 Å². The Labute approximate surface area is 224 Å². The summed E-state index contributed by atoms with van der Waals surface area (Å²) in [6.07, 6.45) is 3.88. The molecule has 4 aromatic rings. The van der Waals surface area contributed by atoms with Gasteiger partial charge >= 0.3 is 0 Å². The van der Waals surface area contributed by atoms with Crippen molar-refractivity contribution >= 4 is 28.9 Å². The van der Waals surface area contributed by atoms with E-state index < -0.39 is 0 Å². The van der Waals surface area contributed by atoms with E-state index in [9.17, 15) is 9.59 Å². The van der Waals surface area contributed by atoms with Crippen molar-refractivity contribution in [1.82, 2.24) is 0 Å². The van der Waals surface area contributed by atoms with Crippen LogP contribution in [0.5, 0.6) is 0 Å². The summed E-state index contributed by atoms with van der Waals surface area (Å²) in [6, 6.07) is 33.3. The van der Waals surface area contributed by atoms with Crippen LogP contribution in [0.2, 0.25) is 0 Å². The number of carbonyl (C=O) groups excluding carboxylic acids is 2. The van der Waals surface area contributed by atoms with Crippen LogP contribution in [0.3, 0.4) is 0 Å².